The van der Waals surface area contributed by atoms with E-state index < -0.39 is 12.1 Å². The van der Waals surface area contributed by atoms with Crippen LogP contribution in [0.4, 0.5) is 13.9 Å². The van der Waals surface area contributed by atoms with E-state index in [0.29, 0.717) is 16.0 Å². The third-order valence-electron chi connectivity index (χ3n) is 5.01. The van der Waals surface area contributed by atoms with E-state index in [1.54, 1.807) is 30.3 Å². The molecule has 0 fully saturated rings. The van der Waals surface area contributed by atoms with E-state index >= 15 is 8.78 Å². The van der Waals surface area contributed by atoms with Gasteiger partial charge in [0.15, 0.2) is 5.52 Å². The number of rotatable bonds is 0. The third kappa shape index (κ3) is 2.09. The molecule has 136 valence electrons. The zero-order chi connectivity index (χ0) is 19.1. The van der Waals surface area contributed by atoms with Crippen LogP contribution in [0, 0.1) is 0 Å². The number of fused-ring (bicyclic) bond motifs is 6. The molecular weight excluding hydrogens is 368 g/mol. The van der Waals surface area contributed by atoms with Gasteiger partial charge in [-0.2, -0.15) is 4.90 Å². The average molecular weight is 384 g/mol. The second-order valence-electron chi connectivity index (χ2n) is 7.78. The summed E-state index contributed by atoms with van der Waals surface area (Å²) >= 11 is 1.21. The molecule has 2 aromatic carbocycles. The fourth-order valence-corrected chi connectivity index (χ4v) is 4.66. The number of carbonyl (C=O) groups excluding carboxylic acids is 1. The predicted molar refractivity (Wildman–Crippen MR) is 99.7 cm³/mol. The summed E-state index contributed by atoms with van der Waals surface area (Å²) in [5.74, 6) is -0.707. The van der Waals surface area contributed by atoms with Gasteiger partial charge in [-0.25, -0.2) is 0 Å². The van der Waals surface area contributed by atoms with Crippen molar-refractivity contribution in [1.29, 1.82) is 0 Å². The van der Waals surface area contributed by atoms with Gasteiger partial charge in [0, 0.05) is 0 Å². The van der Waals surface area contributed by atoms with Crippen molar-refractivity contribution in [3.8, 4) is 0 Å². The number of aliphatic imine (C=N–C) groups is 1. The molecule has 0 aliphatic carbocycles. The first-order chi connectivity index (χ1) is 12.7. The number of aromatic nitrogens is 1. The Morgan fingerprint density at radius 3 is 2.52 bits per heavy atom. The molecule has 2 aliphatic heterocycles. The van der Waals surface area contributed by atoms with Gasteiger partial charge in [0.05, 0.1) is 15.8 Å². The van der Waals surface area contributed by atoms with Crippen molar-refractivity contribution in [3.05, 3.63) is 59.2 Å². The first-order valence-electron chi connectivity index (χ1n) is 8.59. The molecule has 0 unspecified atom stereocenters. The van der Waals surface area contributed by atoms with E-state index in [-0.39, 0.29) is 21.9 Å². The van der Waals surface area contributed by atoms with Crippen LogP contribution in [0.15, 0.2) is 47.5 Å². The average Bonchev–Trinajstić information content (AvgIpc) is 3.11. The topological polar surface area (TPSA) is 36.5 Å². The van der Waals surface area contributed by atoms with Gasteiger partial charge in [-0.3, -0.25) is 4.79 Å². The summed E-state index contributed by atoms with van der Waals surface area (Å²) in [6, 6.07) is 12.1. The van der Waals surface area contributed by atoms with Gasteiger partial charge in [0.25, 0.3) is 11.7 Å². The van der Waals surface area contributed by atoms with E-state index in [1.165, 1.54) is 11.3 Å². The molecule has 0 spiro atoms. The van der Waals surface area contributed by atoms with E-state index in [1.807, 2.05) is 12.1 Å². The number of amidine groups is 1. The number of carbonyl (C=O) groups is 1. The molecule has 0 saturated heterocycles. The maximum atomic E-state index is 15.5. The molecule has 0 radical (unpaired) electrons. The number of nitrogens with zero attached hydrogens (tertiary/aromatic N) is 3. The number of thiazole rings is 1. The Labute approximate surface area is 158 Å². The van der Waals surface area contributed by atoms with Crippen LogP contribution >= 0.6 is 11.3 Å². The number of alkyl halides is 2. The van der Waals surface area contributed by atoms with Crippen molar-refractivity contribution >= 4 is 38.4 Å². The van der Waals surface area contributed by atoms with Crippen molar-refractivity contribution in [1.82, 2.24) is 4.90 Å². The summed E-state index contributed by atoms with van der Waals surface area (Å²) in [5.41, 5.74) is 2.05. The standard InChI is InChI=1S/C20H16F2N3OS/c1-19(2,3)11-8-9-14-15(10-11)27-18-23-16-12-6-4-5-7-13(12)17(26)25(16)20(21,22)24(14)18/h4-10H,1-3H3/q+1. The van der Waals surface area contributed by atoms with Gasteiger partial charge in [0.2, 0.25) is 0 Å². The predicted octanol–water partition coefficient (Wildman–Crippen LogP) is 4.54. The van der Waals surface area contributed by atoms with Gasteiger partial charge >= 0.3 is 11.3 Å². The van der Waals surface area contributed by atoms with E-state index in [4.69, 9.17) is 0 Å². The lowest BCUT2D eigenvalue weighted by molar-refractivity contribution is -0.812. The molecule has 27 heavy (non-hydrogen) atoms. The zero-order valence-electron chi connectivity index (χ0n) is 15.0. The van der Waals surface area contributed by atoms with Crippen LogP contribution in [0.5, 0.6) is 0 Å². The highest BCUT2D eigenvalue weighted by Gasteiger charge is 2.61. The second-order valence-corrected chi connectivity index (χ2v) is 8.79. The minimum atomic E-state index is -3.52. The number of amides is 1. The fraction of sp³-hybridized carbons (Fsp3) is 0.250. The number of hydrogen-bond acceptors (Lipinski definition) is 3. The second kappa shape index (κ2) is 4.98. The molecule has 4 nitrogen and oxygen atoms in total. The maximum Gasteiger partial charge on any atom is 0.504 e. The highest BCUT2D eigenvalue weighted by atomic mass is 32.1. The lowest BCUT2D eigenvalue weighted by Crippen LogP contribution is -2.64. The van der Waals surface area contributed by atoms with Crippen molar-refractivity contribution in [2.75, 3.05) is 0 Å². The maximum absolute atomic E-state index is 15.5. The molecule has 0 atom stereocenters. The van der Waals surface area contributed by atoms with Crippen LogP contribution in [0.2, 0.25) is 0 Å². The molecule has 7 heteroatoms. The first-order valence-corrected chi connectivity index (χ1v) is 9.41. The largest absolute Gasteiger partial charge is 0.504 e. The van der Waals surface area contributed by atoms with Crippen LogP contribution in [0.3, 0.4) is 0 Å². The smallest absolute Gasteiger partial charge is 0.268 e. The Balaban J connectivity index is 1.79. The molecule has 3 heterocycles. The molecule has 1 amide bonds. The van der Waals surface area contributed by atoms with E-state index in [2.05, 4.69) is 25.8 Å². The number of benzene rings is 2. The van der Waals surface area contributed by atoms with E-state index in [0.717, 1.165) is 14.8 Å². The van der Waals surface area contributed by atoms with Gasteiger partial charge in [-0.15, -0.1) is 13.3 Å². The summed E-state index contributed by atoms with van der Waals surface area (Å²) < 4.78 is 32.5. The van der Waals surface area contributed by atoms with Gasteiger partial charge in [0.1, 0.15) is 0 Å². The van der Waals surface area contributed by atoms with Crippen LogP contribution in [0.25, 0.3) is 10.2 Å². The SMILES string of the molecule is CC(C)(C)c1ccc2c(c1)sc1[n+]2C(F)(F)N2C(=O)c3ccccc3C2=N1. The molecule has 3 aromatic rings. The molecular formula is C20H16F2N3OS+. The Hall–Kier alpha value is -2.67. The minimum Gasteiger partial charge on any atom is -0.268 e. The van der Waals surface area contributed by atoms with Crippen LogP contribution < -0.4 is 4.57 Å². The van der Waals surface area contributed by atoms with Crippen molar-refractivity contribution in [3.63, 3.8) is 0 Å². The molecule has 0 bridgehead atoms. The molecule has 0 saturated carbocycles. The third-order valence-corrected chi connectivity index (χ3v) is 6.02. The Bertz CT molecular complexity index is 1170. The summed E-state index contributed by atoms with van der Waals surface area (Å²) in [5, 5.41) is 0.191. The van der Waals surface area contributed by atoms with Crippen LogP contribution in [-0.2, 0) is 11.6 Å². The Morgan fingerprint density at radius 1 is 1.11 bits per heavy atom. The van der Waals surface area contributed by atoms with Crippen LogP contribution in [-0.4, -0.2) is 16.6 Å². The lowest BCUT2D eigenvalue weighted by atomic mass is 9.87. The monoisotopic (exact) mass is 384 g/mol. The van der Waals surface area contributed by atoms with E-state index in [9.17, 15) is 4.79 Å². The Morgan fingerprint density at radius 2 is 1.81 bits per heavy atom. The first kappa shape index (κ1) is 16.5. The summed E-state index contributed by atoms with van der Waals surface area (Å²) in [7, 11) is 0. The molecule has 0 N–H and O–H groups in total. The van der Waals surface area contributed by atoms with Crippen molar-refractivity contribution in [2.45, 2.75) is 32.4 Å². The normalized spacial score (nSPS) is 17.6. The quantitative estimate of drug-likeness (QED) is 0.414. The fourth-order valence-electron chi connectivity index (χ4n) is 3.58. The zero-order valence-corrected chi connectivity index (χ0v) is 15.8. The number of halogens is 2. The van der Waals surface area contributed by atoms with Crippen molar-refractivity contribution in [2.24, 2.45) is 4.99 Å². The summed E-state index contributed by atoms with van der Waals surface area (Å²) in [6.45, 7) is 6.24. The molecule has 1 aromatic heterocycles. The minimum absolute atomic E-state index is 0.0169. The summed E-state index contributed by atoms with van der Waals surface area (Å²) in [4.78, 5) is 17.6. The van der Waals surface area contributed by atoms with Crippen LogP contribution in [0.1, 0.15) is 42.3 Å². The highest BCUT2D eigenvalue weighted by Crippen LogP contribution is 2.42. The highest BCUT2D eigenvalue weighted by molar-refractivity contribution is 7.21. The summed E-state index contributed by atoms with van der Waals surface area (Å²) in [6.07, 6.45) is -3.52. The molecule has 5 rings (SSSR count). The molecule has 2 aliphatic rings. The van der Waals surface area contributed by atoms with Gasteiger partial charge < -0.3 is 0 Å². The van der Waals surface area contributed by atoms with Gasteiger partial charge in [-0.05, 0) is 51.6 Å². The van der Waals surface area contributed by atoms with Gasteiger partial charge in [-0.1, -0.05) is 39.0 Å². The van der Waals surface area contributed by atoms with Crippen molar-refractivity contribution < 1.29 is 18.1 Å². The lowest BCUT2D eigenvalue weighted by Gasteiger charge is -2.25. The Kier molecular flexibility index (Phi) is 3.04. The number of hydrogen-bond donors (Lipinski definition) is 0.